The maximum Gasteiger partial charge on any atom is 0.136 e. The van der Waals surface area contributed by atoms with Crippen LogP contribution in [0.25, 0.3) is 11.0 Å². The molecule has 6 heteroatoms. The zero-order valence-electron chi connectivity index (χ0n) is 13.7. The van der Waals surface area contributed by atoms with Crippen molar-refractivity contribution in [3.05, 3.63) is 30.0 Å². The second-order valence-electron chi connectivity index (χ2n) is 7.15. The maximum absolute atomic E-state index is 6.05. The summed E-state index contributed by atoms with van der Waals surface area (Å²) in [7, 11) is 0. The van der Waals surface area contributed by atoms with Crippen molar-refractivity contribution in [3.63, 3.8) is 0 Å². The molecular weight excluding hydrogens is 326 g/mol. The molecule has 128 valence electrons. The minimum atomic E-state index is -0.0687. The molecule has 4 aliphatic heterocycles. The van der Waals surface area contributed by atoms with Crippen molar-refractivity contribution >= 4 is 34.9 Å². The van der Waals surface area contributed by atoms with Crippen LogP contribution in [0.4, 0.5) is 5.69 Å². The number of aliphatic imine (C=N–C) groups is 1. The molecule has 4 saturated heterocycles. The number of halogens is 1. The molecule has 0 unspecified atom stereocenters. The highest BCUT2D eigenvalue weighted by Crippen LogP contribution is 2.42. The average Bonchev–Trinajstić information content (AvgIpc) is 3.13. The van der Waals surface area contributed by atoms with E-state index in [1.807, 2.05) is 12.1 Å². The Morgan fingerprint density at radius 3 is 2.88 bits per heavy atom. The van der Waals surface area contributed by atoms with Crippen LogP contribution in [0.5, 0.6) is 0 Å². The number of furan rings is 1. The van der Waals surface area contributed by atoms with Crippen LogP contribution in [-0.2, 0) is 4.84 Å². The topological polar surface area (TPSA) is 50.0 Å². The van der Waals surface area contributed by atoms with Crippen molar-refractivity contribution in [1.82, 2.24) is 10.4 Å². The van der Waals surface area contributed by atoms with Crippen LogP contribution in [-0.4, -0.2) is 36.0 Å². The molecule has 4 fully saturated rings. The molecule has 0 amide bonds. The number of benzene rings is 1. The molecular formula is C18H22ClN3O2. The van der Waals surface area contributed by atoms with Crippen molar-refractivity contribution in [2.75, 3.05) is 19.6 Å². The van der Waals surface area contributed by atoms with Gasteiger partial charge in [0, 0.05) is 24.4 Å². The number of rotatable bonds is 1. The van der Waals surface area contributed by atoms with Gasteiger partial charge in [0.05, 0.1) is 12.0 Å². The van der Waals surface area contributed by atoms with Gasteiger partial charge in [0.15, 0.2) is 0 Å². The quantitative estimate of drug-likeness (QED) is 0.856. The Morgan fingerprint density at radius 1 is 1.29 bits per heavy atom. The monoisotopic (exact) mass is 347 g/mol. The van der Waals surface area contributed by atoms with Gasteiger partial charge in [-0.1, -0.05) is 0 Å². The third-order valence-electron chi connectivity index (χ3n) is 5.68. The first-order valence-electron chi connectivity index (χ1n) is 8.44. The number of piperidine rings is 3. The summed E-state index contributed by atoms with van der Waals surface area (Å²) < 4.78 is 5.58. The first-order chi connectivity index (χ1) is 11.2. The second-order valence-corrected chi connectivity index (χ2v) is 7.15. The molecule has 1 aromatic carbocycles. The highest BCUT2D eigenvalue weighted by molar-refractivity contribution is 5.89. The Balaban J connectivity index is 0.00000146. The van der Waals surface area contributed by atoms with E-state index in [0.29, 0.717) is 5.92 Å². The largest absolute Gasteiger partial charge is 0.464 e. The van der Waals surface area contributed by atoms with Crippen molar-refractivity contribution in [2.45, 2.75) is 31.8 Å². The van der Waals surface area contributed by atoms with Gasteiger partial charge in [-0.05, 0) is 56.5 Å². The van der Waals surface area contributed by atoms with Gasteiger partial charge in [0.25, 0.3) is 0 Å². The normalized spacial score (nSPS) is 33.1. The van der Waals surface area contributed by atoms with E-state index in [-0.39, 0.29) is 18.0 Å². The van der Waals surface area contributed by atoms with Crippen molar-refractivity contribution in [3.8, 4) is 0 Å². The van der Waals surface area contributed by atoms with Gasteiger partial charge < -0.3 is 9.32 Å². The third kappa shape index (κ3) is 2.42. The molecule has 6 rings (SSSR count). The second kappa shape index (κ2) is 5.76. The number of nitrogens with one attached hydrogen (secondary N) is 1. The fourth-order valence-electron chi connectivity index (χ4n) is 4.39. The summed E-state index contributed by atoms with van der Waals surface area (Å²) in [5.74, 6) is 1.59. The molecule has 1 spiro atoms. The number of hydroxylamine groups is 1. The van der Waals surface area contributed by atoms with Crippen molar-refractivity contribution < 1.29 is 9.25 Å². The molecule has 2 aromatic rings. The molecule has 0 aliphatic carbocycles. The van der Waals surface area contributed by atoms with E-state index in [0.717, 1.165) is 41.0 Å². The van der Waals surface area contributed by atoms with E-state index in [2.05, 4.69) is 23.4 Å². The lowest BCUT2D eigenvalue weighted by atomic mass is 9.74. The Morgan fingerprint density at radius 2 is 2.12 bits per heavy atom. The Hall–Kier alpha value is -1.56. The standard InChI is InChI=1S/C18H21N3O2.ClH/c1-12-10-22-16-8-14(2-3-15(12)16)19-17-9-18(23-20-17)11-21-6-4-13(18)5-7-21;/h2-3,8,10,13H,4-7,9,11H2,1H3,(H,19,20);1H/t18-;/m0./s1. The summed E-state index contributed by atoms with van der Waals surface area (Å²) in [4.78, 5) is 13.3. The van der Waals surface area contributed by atoms with E-state index < -0.39 is 0 Å². The number of hydrogen-bond acceptors (Lipinski definition) is 4. The molecule has 0 saturated carbocycles. The van der Waals surface area contributed by atoms with Gasteiger partial charge in [0.2, 0.25) is 0 Å². The lowest BCUT2D eigenvalue weighted by Gasteiger charge is -2.49. The molecule has 0 radical (unpaired) electrons. The molecule has 1 atom stereocenters. The summed E-state index contributed by atoms with van der Waals surface area (Å²) in [5, 5.41) is 1.15. The van der Waals surface area contributed by atoms with Crippen LogP contribution in [0.15, 0.2) is 33.9 Å². The van der Waals surface area contributed by atoms with E-state index in [1.165, 1.54) is 25.9 Å². The lowest BCUT2D eigenvalue weighted by molar-refractivity contribution is -0.150. The first kappa shape index (κ1) is 15.9. The molecule has 5 heterocycles. The summed E-state index contributed by atoms with van der Waals surface area (Å²) in [6, 6.07) is 6.12. The minimum absolute atomic E-state index is 0. The maximum atomic E-state index is 6.05. The van der Waals surface area contributed by atoms with E-state index in [4.69, 9.17) is 14.2 Å². The molecule has 24 heavy (non-hydrogen) atoms. The van der Waals surface area contributed by atoms with Crippen LogP contribution in [0.3, 0.4) is 0 Å². The number of amidine groups is 1. The van der Waals surface area contributed by atoms with Gasteiger partial charge in [0.1, 0.15) is 17.0 Å². The minimum Gasteiger partial charge on any atom is -0.464 e. The molecule has 1 aromatic heterocycles. The molecule has 1 N–H and O–H groups in total. The SMILES string of the molecule is Cc1coc2cc(N=C3C[C@@]4(CN5CCC4CC5)ON3)ccc12.Cl. The summed E-state index contributed by atoms with van der Waals surface area (Å²) in [6.07, 6.45) is 5.16. The summed E-state index contributed by atoms with van der Waals surface area (Å²) >= 11 is 0. The zero-order chi connectivity index (χ0) is 15.4. The van der Waals surface area contributed by atoms with E-state index >= 15 is 0 Å². The highest BCUT2D eigenvalue weighted by Gasteiger charge is 2.52. The van der Waals surface area contributed by atoms with E-state index in [9.17, 15) is 0 Å². The average molecular weight is 348 g/mol. The summed E-state index contributed by atoms with van der Waals surface area (Å²) in [5.41, 5.74) is 5.99. The highest BCUT2D eigenvalue weighted by atomic mass is 35.5. The van der Waals surface area contributed by atoms with Crippen molar-refractivity contribution in [1.29, 1.82) is 0 Å². The number of nitrogens with zero attached hydrogens (tertiary/aromatic N) is 2. The fourth-order valence-corrected chi connectivity index (χ4v) is 4.39. The third-order valence-corrected chi connectivity index (χ3v) is 5.68. The van der Waals surface area contributed by atoms with Gasteiger partial charge in [-0.25, -0.2) is 4.99 Å². The van der Waals surface area contributed by atoms with Gasteiger partial charge in [-0.3, -0.25) is 10.3 Å². The Labute approximate surface area is 147 Å². The lowest BCUT2D eigenvalue weighted by Crippen LogP contribution is -2.59. The van der Waals surface area contributed by atoms with Crippen LogP contribution in [0.2, 0.25) is 0 Å². The summed E-state index contributed by atoms with van der Waals surface area (Å²) in [6.45, 7) is 5.52. The molecule has 5 nitrogen and oxygen atoms in total. The van der Waals surface area contributed by atoms with Gasteiger partial charge in [-0.15, -0.1) is 12.4 Å². The van der Waals surface area contributed by atoms with Crippen molar-refractivity contribution in [2.24, 2.45) is 10.9 Å². The Bertz CT molecular complexity index is 795. The first-order valence-corrected chi connectivity index (χ1v) is 8.44. The van der Waals surface area contributed by atoms with E-state index in [1.54, 1.807) is 6.26 Å². The molecule has 4 aliphatic rings. The predicted octanol–water partition coefficient (Wildman–Crippen LogP) is 3.58. The Kier molecular flexibility index (Phi) is 3.82. The van der Waals surface area contributed by atoms with Crippen LogP contribution in [0, 0.1) is 12.8 Å². The van der Waals surface area contributed by atoms with Crippen LogP contribution in [0.1, 0.15) is 24.8 Å². The fraction of sp³-hybridized carbons (Fsp3) is 0.500. The predicted molar refractivity (Wildman–Crippen MR) is 96.0 cm³/mol. The van der Waals surface area contributed by atoms with Crippen LogP contribution < -0.4 is 5.48 Å². The van der Waals surface area contributed by atoms with Gasteiger partial charge >= 0.3 is 0 Å². The smallest absolute Gasteiger partial charge is 0.136 e. The van der Waals surface area contributed by atoms with Crippen LogP contribution >= 0.6 is 12.4 Å². The number of fused-ring (bicyclic) bond motifs is 3. The van der Waals surface area contributed by atoms with Gasteiger partial charge in [-0.2, -0.15) is 0 Å². The zero-order valence-corrected chi connectivity index (χ0v) is 14.6. The number of hydrogen-bond donors (Lipinski definition) is 1. The number of aryl methyl sites for hydroxylation is 1. The molecule has 2 bridgehead atoms.